The maximum Gasteiger partial charge on any atom is 0.241 e. The summed E-state index contributed by atoms with van der Waals surface area (Å²) in [7, 11) is 0. The van der Waals surface area contributed by atoms with Crippen molar-refractivity contribution in [1.82, 2.24) is 4.90 Å². The van der Waals surface area contributed by atoms with Crippen LogP contribution in [0.15, 0.2) is 24.3 Å². The van der Waals surface area contributed by atoms with Crippen molar-refractivity contribution in [2.45, 2.75) is 13.8 Å². The van der Waals surface area contributed by atoms with Crippen molar-refractivity contribution in [3.8, 4) is 0 Å². The molecule has 2 N–H and O–H groups in total. The molecule has 0 atom stereocenters. The van der Waals surface area contributed by atoms with Crippen molar-refractivity contribution in [2.24, 2.45) is 0 Å². The van der Waals surface area contributed by atoms with Gasteiger partial charge in [0.2, 0.25) is 5.91 Å². The molecule has 1 aromatic carbocycles. The fraction of sp³-hybridized carbons (Fsp3) is 0.533. The van der Waals surface area contributed by atoms with Crippen LogP contribution in [-0.2, 0) is 4.79 Å². The van der Waals surface area contributed by atoms with E-state index in [-0.39, 0.29) is 25.7 Å². The quantitative estimate of drug-likeness (QED) is 0.733. The normalized spacial score (nSPS) is 10.8. The Bertz CT molecular complexity index is 417. The molecule has 0 saturated carbocycles. The predicted octanol–water partition coefficient (Wildman–Crippen LogP) is 0.635. The van der Waals surface area contributed by atoms with Crippen molar-refractivity contribution < 1.29 is 15.0 Å². The summed E-state index contributed by atoms with van der Waals surface area (Å²) in [5.41, 5.74) is 1.96. The zero-order chi connectivity index (χ0) is 15.0. The largest absolute Gasteiger partial charge is 0.395 e. The van der Waals surface area contributed by atoms with E-state index >= 15 is 0 Å². The molecule has 0 saturated heterocycles. The highest BCUT2D eigenvalue weighted by atomic mass is 16.3. The number of amides is 1. The Labute approximate surface area is 120 Å². The summed E-state index contributed by atoms with van der Waals surface area (Å²) in [5.74, 6) is -0.0244. The third-order valence-corrected chi connectivity index (χ3v) is 3.21. The number of aryl methyl sites for hydroxylation is 1. The van der Waals surface area contributed by atoms with Gasteiger partial charge in [0.1, 0.15) is 0 Å². The Morgan fingerprint density at radius 3 is 2.25 bits per heavy atom. The smallest absolute Gasteiger partial charge is 0.241 e. The summed E-state index contributed by atoms with van der Waals surface area (Å²) in [6, 6.07) is 7.77. The number of carbonyl (C=O) groups excluding carboxylic acids is 1. The molecule has 0 radical (unpaired) electrons. The average molecular weight is 280 g/mol. The van der Waals surface area contributed by atoms with Crippen LogP contribution in [0.2, 0.25) is 0 Å². The van der Waals surface area contributed by atoms with Gasteiger partial charge in [-0.2, -0.15) is 0 Å². The number of para-hydroxylation sites is 1. The van der Waals surface area contributed by atoms with Crippen LogP contribution < -0.4 is 4.90 Å². The lowest BCUT2D eigenvalue weighted by molar-refractivity contribution is -0.119. The zero-order valence-corrected chi connectivity index (χ0v) is 12.2. The highest BCUT2D eigenvalue weighted by Crippen LogP contribution is 2.19. The molecular formula is C15H24N2O3. The van der Waals surface area contributed by atoms with Gasteiger partial charge in [0, 0.05) is 25.3 Å². The number of rotatable bonds is 8. The summed E-state index contributed by atoms with van der Waals surface area (Å²) in [6.45, 7) is 5.43. The molecular weight excluding hydrogens is 256 g/mol. The first-order valence-corrected chi connectivity index (χ1v) is 6.94. The molecule has 0 spiro atoms. The summed E-state index contributed by atoms with van der Waals surface area (Å²) in [4.78, 5) is 15.9. The average Bonchev–Trinajstić information content (AvgIpc) is 2.42. The molecule has 0 fully saturated rings. The fourth-order valence-electron chi connectivity index (χ4n) is 2.18. The minimum Gasteiger partial charge on any atom is -0.395 e. The molecule has 20 heavy (non-hydrogen) atoms. The van der Waals surface area contributed by atoms with Crippen molar-refractivity contribution in [3.63, 3.8) is 0 Å². The molecule has 0 aliphatic heterocycles. The van der Waals surface area contributed by atoms with Crippen LogP contribution in [0.5, 0.6) is 0 Å². The Balaban J connectivity index is 2.79. The molecule has 112 valence electrons. The Morgan fingerprint density at radius 2 is 1.75 bits per heavy atom. The maximum atomic E-state index is 12.4. The first-order chi connectivity index (χ1) is 9.63. The first-order valence-electron chi connectivity index (χ1n) is 6.94. The Morgan fingerprint density at radius 1 is 1.15 bits per heavy atom. The van der Waals surface area contributed by atoms with Crippen LogP contribution in [-0.4, -0.2) is 60.4 Å². The number of carbonyl (C=O) groups is 1. The number of hydrogen-bond donors (Lipinski definition) is 2. The number of hydrogen-bond acceptors (Lipinski definition) is 4. The zero-order valence-electron chi connectivity index (χ0n) is 12.2. The van der Waals surface area contributed by atoms with E-state index in [0.29, 0.717) is 19.6 Å². The topological polar surface area (TPSA) is 64.0 Å². The van der Waals surface area contributed by atoms with Gasteiger partial charge < -0.3 is 15.1 Å². The van der Waals surface area contributed by atoms with Crippen molar-refractivity contribution >= 4 is 11.6 Å². The predicted molar refractivity (Wildman–Crippen MR) is 79.8 cm³/mol. The standard InChI is InChI=1S/C15H24N2O3/c1-3-17(14-7-5-4-6-13(14)2)15(20)12-16(8-10-18)9-11-19/h4-7,18-19H,3,8-12H2,1-2H3. The van der Waals surface area contributed by atoms with Gasteiger partial charge in [-0.05, 0) is 25.5 Å². The number of likely N-dealkylation sites (N-methyl/N-ethyl adjacent to an activating group) is 1. The van der Waals surface area contributed by atoms with E-state index in [1.54, 1.807) is 9.80 Å². The lowest BCUT2D eigenvalue weighted by Crippen LogP contribution is -2.42. The van der Waals surface area contributed by atoms with Gasteiger partial charge in [-0.15, -0.1) is 0 Å². The highest BCUT2D eigenvalue weighted by Gasteiger charge is 2.18. The van der Waals surface area contributed by atoms with Crippen LogP contribution in [0.3, 0.4) is 0 Å². The van der Waals surface area contributed by atoms with E-state index in [1.165, 1.54) is 0 Å². The third-order valence-electron chi connectivity index (χ3n) is 3.21. The molecule has 0 heterocycles. The van der Waals surface area contributed by atoms with Gasteiger partial charge in [-0.1, -0.05) is 18.2 Å². The number of benzene rings is 1. The number of nitrogens with zero attached hydrogens (tertiary/aromatic N) is 2. The highest BCUT2D eigenvalue weighted by molar-refractivity contribution is 5.95. The van der Waals surface area contributed by atoms with E-state index in [4.69, 9.17) is 10.2 Å². The van der Waals surface area contributed by atoms with Crippen molar-refractivity contribution in [1.29, 1.82) is 0 Å². The summed E-state index contributed by atoms with van der Waals surface area (Å²) in [5, 5.41) is 18.0. The van der Waals surface area contributed by atoms with Crippen LogP contribution in [0.1, 0.15) is 12.5 Å². The minimum absolute atomic E-state index is 0.0240. The summed E-state index contributed by atoms with van der Waals surface area (Å²) < 4.78 is 0. The number of anilines is 1. The minimum atomic E-state index is -0.0244. The van der Waals surface area contributed by atoms with Crippen molar-refractivity contribution in [3.05, 3.63) is 29.8 Å². The van der Waals surface area contributed by atoms with E-state index in [0.717, 1.165) is 11.3 Å². The fourth-order valence-corrected chi connectivity index (χ4v) is 2.18. The van der Waals surface area contributed by atoms with E-state index in [2.05, 4.69) is 0 Å². The number of aliphatic hydroxyl groups is 2. The van der Waals surface area contributed by atoms with Crippen LogP contribution in [0.4, 0.5) is 5.69 Å². The lowest BCUT2D eigenvalue weighted by Gasteiger charge is -2.27. The molecule has 1 amide bonds. The van der Waals surface area contributed by atoms with E-state index in [1.807, 2.05) is 38.1 Å². The monoisotopic (exact) mass is 280 g/mol. The third kappa shape index (κ3) is 4.59. The lowest BCUT2D eigenvalue weighted by atomic mass is 10.2. The Hall–Kier alpha value is -1.43. The molecule has 5 heteroatoms. The Kier molecular flexibility index (Phi) is 7.22. The summed E-state index contributed by atoms with van der Waals surface area (Å²) in [6.07, 6.45) is 0. The van der Waals surface area contributed by atoms with Crippen LogP contribution >= 0.6 is 0 Å². The van der Waals surface area contributed by atoms with Crippen LogP contribution in [0, 0.1) is 6.92 Å². The van der Waals surface area contributed by atoms with Gasteiger partial charge in [0.05, 0.1) is 19.8 Å². The molecule has 0 aliphatic carbocycles. The molecule has 0 bridgehead atoms. The van der Waals surface area contributed by atoms with Crippen molar-refractivity contribution in [2.75, 3.05) is 44.3 Å². The second-order valence-corrected chi connectivity index (χ2v) is 4.65. The van der Waals surface area contributed by atoms with Gasteiger partial charge >= 0.3 is 0 Å². The molecule has 1 rings (SSSR count). The van der Waals surface area contributed by atoms with Crippen LogP contribution in [0.25, 0.3) is 0 Å². The molecule has 1 aromatic rings. The number of aliphatic hydroxyl groups excluding tert-OH is 2. The van der Waals surface area contributed by atoms with Gasteiger partial charge in [-0.25, -0.2) is 0 Å². The van der Waals surface area contributed by atoms with Gasteiger partial charge in [-0.3, -0.25) is 9.69 Å². The van der Waals surface area contributed by atoms with Gasteiger partial charge in [0.25, 0.3) is 0 Å². The molecule has 0 aromatic heterocycles. The molecule has 0 unspecified atom stereocenters. The second-order valence-electron chi connectivity index (χ2n) is 4.65. The first kappa shape index (κ1) is 16.6. The summed E-state index contributed by atoms with van der Waals surface area (Å²) >= 11 is 0. The van der Waals surface area contributed by atoms with E-state index in [9.17, 15) is 4.79 Å². The SMILES string of the molecule is CCN(C(=O)CN(CCO)CCO)c1ccccc1C. The van der Waals surface area contributed by atoms with E-state index < -0.39 is 0 Å². The molecule has 0 aliphatic rings. The van der Waals surface area contributed by atoms with Gasteiger partial charge in [0.15, 0.2) is 0 Å². The second kappa shape index (κ2) is 8.68. The maximum absolute atomic E-state index is 12.4. The molecule has 5 nitrogen and oxygen atoms in total.